The van der Waals surface area contributed by atoms with Gasteiger partial charge < -0.3 is 24.6 Å². The minimum Gasteiger partial charge on any atom is -0.543 e. The van der Waals surface area contributed by atoms with Gasteiger partial charge in [-0.2, -0.15) is 0 Å². The molecule has 0 aromatic heterocycles. The number of ether oxygens (including phenoxy) is 1. The first-order chi connectivity index (χ1) is 8.99. The van der Waals surface area contributed by atoms with E-state index in [1.54, 1.807) is 6.92 Å². The van der Waals surface area contributed by atoms with Gasteiger partial charge in [0.05, 0.1) is 35.8 Å². The summed E-state index contributed by atoms with van der Waals surface area (Å²) in [6.07, 6.45) is 0.504. The van der Waals surface area contributed by atoms with E-state index in [1.165, 1.54) is 12.0 Å². The summed E-state index contributed by atoms with van der Waals surface area (Å²) in [6, 6.07) is -0.240. The fourth-order valence-electron chi connectivity index (χ4n) is 3.88. The van der Waals surface area contributed by atoms with E-state index in [1.807, 2.05) is 0 Å². The summed E-state index contributed by atoms with van der Waals surface area (Å²) < 4.78 is 5.31. The second-order valence-electron chi connectivity index (χ2n) is 5.46. The van der Waals surface area contributed by atoms with Crippen LogP contribution in [0.1, 0.15) is 19.8 Å². The van der Waals surface area contributed by atoms with E-state index in [0.29, 0.717) is 5.57 Å². The first-order valence-electron chi connectivity index (χ1n) is 6.48. The smallest absolute Gasteiger partial charge is 0.543 e. The van der Waals surface area contributed by atoms with Gasteiger partial charge in [-0.3, -0.25) is 4.79 Å². The maximum absolute atomic E-state index is 12.0. The molecule has 3 aliphatic rings. The zero-order chi connectivity index (χ0) is 13.9. The molecular formula is C13H16NNaO5. The SMILES string of the molecule is CO[C@H]1CC[C@H]2C1=C(C(=O)[O-])N1C(=O)[C@H]([C@@H](C)O)[C@@H]21.[Na+]. The van der Waals surface area contributed by atoms with Gasteiger partial charge in [0.1, 0.15) is 0 Å². The van der Waals surface area contributed by atoms with Gasteiger partial charge in [0.25, 0.3) is 0 Å². The summed E-state index contributed by atoms with van der Waals surface area (Å²) in [4.78, 5) is 24.7. The average Bonchev–Trinajstić information content (AvgIpc) is 2.84. The maximum atomic E-state index is 12.0. The largest absolute Gasteiger partial charge is 1.00 e. The van der Waals surface area contributed by atoms with Crippen molar-refractivity contribution >= 4 is 11.9 Å². The second-order valence-corrected chi connectivity index (χ2v) is 5.46. The number of carboxylic acid groups (broad SMARTS) is 1. The number of fused-ring (bicyclic) bond motifs is 3. The molecule has 2 aliphatic heterocycles. The van der Waals surface area contributed by atoms with E-state index in [0.717, 1.165) is 12.8 Å². The number of amides is 1. The summed E-state index contributed by atoms with van der Waals surface area (Å²) >= 11 is 0. The zero-order valence-corrected chi connectivity index (χ0v) is 13.8. The number of β-lactam (4-membered cyclic amide) rings is 1. The van der Waals surface area contributed by atoms with Crippen molar-refractivity contribution in [1.29, 1.82) is 0 Å². The van der Waals surface area contributed by atoms with Crippen molar-refractivity contribution < 1.29 is 54.1 Å². The fourth-order valence-corrected chi connectivity index (χ4v) is 3.88. The number of aliphatic hydroxyl groups is 1. The predicted octanol–water partition coefficient (Wildman–Crippen LogP) is -4.36. The van der Waals surface area contributed by atoms with Crippen LogP contribution < -0.4 is 34.7 Å². The van der Waals surface area contributed by atoms with Crippen LogP contribution in [0.4, 0.5) is 0 Å². The second kappa shape index (κ2) is 5.42. The Hall–Kier alpha value is -0.400. The van der Waals surface area contributed by atoms with E-state index in [-0.39, 0.29) is 59.2 Å². The van der Waals surface area contributed by atoms with Gasteiger partial charge in [0, 0.05) is 13.0 Å². The number of hydrogen-bond acceptors (Lipinski definition) is 5. The fraction of sp³-hybridized carbons (Fsp3) is 0.692. The van der Waals surface area contributed by atoms with Crippen LogP contribution >= 0.6 is 0 Å². The van der Waals surface area contributed by atoms with E-state index in [4.69, 9.17) is 4.74 Å². The molecule has 1 aliphatic carbocycles. The molecule has 0 unspecified atom stereocenters. The minimum absolute atomic E-state index is 0. The number of nitrogens with zero attached hydrogens (tertiary/aromatic N) is 1. The molecular weight excluding hydrogens is 273 g/mol. The number of rotatable bonds is 3. The van der Waals surface area contributed by atoms with Crippen molar-refractivity contribution in [3.63, 3.8) is 0 Å². The molecule has 0 bridgehead atoms. The molecule has 1 N–H and O–H groups in total. The van der Waals surface area contributed by atoms with Crippen molar-refractivity contribution in [2.24, 2.45) is 11.8 Å². The van der Waals surface area contributed by atoms with Crippen molar-refractivity contribution in [2.75, 3.05) is 7.11 Å². The Kier molecular flexibility index (Phi) is 4.33. The molecule has 5 atom stereocenters. The van der Waals surface area contributed by atoms with E-state index >= 15 is 0 Å². The molecule has 1 amide bonds. The van der Waals surface area contributed by atoms with Crippen molar-refractivity contribution in [3.05, 3.63) is 11.3 Å². The van der Waals surface area contributed by atoms with E-state index in [9.17, 15) is 19.8 Å². The quantitative estimate of drug-likeness (QED) is 0.419. The van der Waals surface area contributed by atoms with Crippen molar-refractivity contribution in [3.8, 4) is 0 Å². The maximum Gasteiger partial charge on any atom is 1.00 e. The van der Waals surface area contributed by atoms with Crippen LogP contribution in [-0.4, -0.2) is 47.2 Å². The zero-order valence-electron chi connectivity index (χ0n) is 11.8. The van der Waals surface area contributed by atoms with Gasteiger partial charge in [-0.15, -0.1) is 0 Å². The Morgan fingerprint density at radius 2 is 2.15 bits per heavy atom. The molecule has 0 aromatic rings. The third kappa shape index (κ3) is 1.89. The van der Waals surface area contributed by atoms with Gasteiger partial charge in [0.2, 0.25) is 5.91 Å². The van der Waals surface area contributed by atoms with Crippen molar-refractivity contribution in [1.82, 2.24) is 4.90 Å². The topological polar surface area (TPSA) is 89.9 Å². The Balaban J connectivity index is 0.00000147. The monoisotopic (exact) mass is 289 g/mol. The summed E-state index contributed by atoms with van der Waals surface area (Å²) in [6.45, 7) is 1.57. The van der Waals surface area contributed by atoms with Crippen LogP contribution in [0.15, 0.2) is 11.3 Å². The van der Waals surface area contributed by atoms with Gasteiger partial charge in [-0.05, 0) is 25.3 Å². The standard InChI is InChI=1S/C13H17NO5.Na/c1-5(15)8-10-6-3-4-7(19-2)9(6)11(13(17)18)14(10)12(8)16;/h5-8,10,15H,3-4H2,1-2H3,(H,17,18);/q;+1/p-1/t5-,6+,7+,8-,10-;/m1./s1. The third-order valence-corrected chi connectivity index (χ3v) is 4.60. The molecule has 2 fully saturated rings. The average molecular weight is 289 g/mol. The Morgan fingerprint density at radius 3 is 2.65 bits per heavy atom. The van der Waals surface area contributed by atoms with Gasteiger partial charge >= 0.3 is 29.6 Å². The summed E-state index contributed by atoms with van der Waals surface area (Å²) in [5.41, 5.74) is 0.644. The molecule has 20 heavy (non-hydrogen) atoms. The molecule has 1 saturated heterocycles. The Labute approximate surface area is 139 Å². The minimum atomic E-state index is -1.33. The molecule has 0 radical (unpaired) electrons. The predicted molar refractivity (Wildman–Crippen MR) is 61.4 cm³/mol. The van der Waals surface area contributed by atoms with E-state index in [2.05, 4.69) is 0 Å². The number of aliphatic hydroxyl groups excluding tert-OH is 1. The van der Waals surface area contributed by atoms with Gasteiger partial charge in [0.15, 0.2) is 0 Å². The number of aliphatic carboxylic acids is 1. The summed E-state index contributed by atoms with van der Waals surface area (Å²) in [7, 11) is 1.54. The van der Waals surface area contributed by atoms with Gasteiger partial charge in [-0.1, -0.05) is 0 Å². The molecule has 3 rings (SSSR count). The molecule has 7 heteroatoms. The number of hydrogen-bond donors (Lipinski definition) is 1. The molecule has 0 spiro atoms. The summed E-state index contributed by atoms with van der Waals surface area (Å²) in [5, 5.41) is 21.0. The first kappa shape index (κ1) is 16.0. The first-order valence-corrected chi connectivity index (χ1v) is 6.48. The Morgan fingerprint density at radius 1 is 1.50 bits per heavy atom. The summed E-state index contributed by atoms with van der Waals surface area (Å²) in [5.74, 6) is -2.18. The van der Waals surface area contributed by atoms with Crippen LogP contribution in [0.25, 0.3) is 0 Å². The number of methoxy groups -OCH3 is 1. The number of carboxylic acids is 1. The molecule has 104 valence electrons. The van der Waals surface area contributed by atoms with Crippen LogP contribution in [0, 0.1) is 11.8 Å². The number of carbonyl (C=O) groups is 2. The molecule has 2 heterocycles. The van der Waals surface area contributed by atoms with Gasteiger partial charge in [-0.25, -0.2) is 0 Å². The molecule has 1 saturated carbocycles. The molecule has 0 aromatic carbocycles. The normalized spacial score (nSPS) is 36.1. The number of carbonyl (C=O) groups excluding carboxylic acids is 2. The Bertz CT molecular complexity index is 489. The third-order valence-electron chi connectivity index (χ3n) is 4.60. The van der Waals surface area contributed by atoms with E-state index < -0.39 is 18.0 Å². The molecule has 6 nitrogen and oxygen atoms in total. The van der Waals surface area contributed by atoms with Crippen molar-refractivity contribution in [2.45, 2.75) is 38.0 Å². The van der Waals surface area contributed by atoms with Crippen LogP contribution in [0.2, 0.25) is 0 Å². The van der Waals surface area contributed by atoms with Crippen LogP contribution in [0.5, 0.6) is 0 Å². The van der Waals surface area contributed by atoms with Crippen LogP contribution in [-0.2, 0) is 14.3 Å². The van der Waals surface area contributed by atoms with Crippen LogP contribution in [0.3, 0.4) is 0 Å².